The molecule has 0 aliphatic heterocycles. The lowest BCUT2D eigenvalue weighted by Gasteiger charge is -2.33. The van der Waals surface area contributed by atoms with Crippen LogP contribution >= 0.6 is 0 Å². The predicted molar refractivity (Wildman–Crippen MR) is 135 cm³/mol. The molecule has 36 heavy (non-hydrogen) atoms. The van der Waals surface area contributed by atoms with E-state index in [2.05, 4.69) is 17.2 Å². The lowest BCUT2D eigenvalue weighted by molar-refractivity contribution is -0.144. The lowest BCUT2D eigenvalue weighted by atomic mass is 10.0. The van der Waals surface area contributed by atoms with Gasteiger partial charge in [0.05, 0.1) is 19.6 Å². The second-order valence-electron chi connectivity index (χ2n) is 9.00. The Bertz CT molecular complexity index is 894. The largest absolute Gasteiger partial charge is 0.466 e. The van der Waals surface area contributed by atoms with Crippen LogP contribution in [0.5, 0.6) is 0 Å². The molecule has 1 aromatic rings. The van der Waals surface area contributed by atoms with Gasteiger partial charge in [0.2, 0.25) is 11.8 Å². The number of aliphatic hydroxyl groups is 1. The summed E-state index contributed by atoms with van der Waals surface area (Å²) < 4.78 is 10.1. The number of nitrogens with zero attached hydrogens (tertiary/aromatic N) is 1. The molecule has 10 nitrogen and oxygen atoms in total. The van der Waals surface area contributed by atoms with Crippen molar-refractivity contribution in [3.63, 3.8) is 0 Å². The van der Waals surface area contributed by atoms with Gasteiger partial charge in [-0.25, -0.2) is 4.79 Å². The SMILES string of the molecule is C=CCN(C(=O)C(CO)NC(=O)OC(C)(C)C)C(C(=O)NCCC(=O)OCC)c1ccc(CC)cc1. The first-order chi connectivity index (χ1) is 17.0. The Balaban J connectivity index is 3.26. The number of rotatable bonds is 13. The summed E-state index contributed by atoms with van der Waals surface area (Å²) in [6.45, 7) is 11.9. The van der Waals surface area contributed by atoms with Crippen molar-refractivity contribution in [2.75, 3.05) is 26.3 Å². The van der Waals surface area contributed by atoms with Crippen molar-refractivity contribution in [2.45, 2.75) is 65.1 Å². The van der Waals surface area contributed by atoms with E-state index in [0.717, 1.165) is 12.0 Å². The number of aryl methyl sites for hydroxylation is 1. The number of hydrogen-bond acceptors (Lipinski definition) is 7. The maximum Gasteiger partial charge on any atom is 0.408 e. The summed E-state index contributed by atoms with van der Waals surface area (Å²) in [6, 6.07) is 4.73. The molecule has 3 N–H and O–H groups in total. The minimum Gasteiger partial charge on any atom is -0.466 e. The van der Waals surface area contributed by atoms with Gasteiger partial charge in [-0.2, -0.15) is 0 Å². The van der Waals surface area contributed by atoms with Gasteiger partial charge in [-0.15, -0.1) is 6.58 Å². The van der Waals surface area contributed by atoms with Crippen LogP contribution < -0.4 is 10.6 Å². The predicted octanol–water partition coefficient (Wildman–Crippen LogP) is 2.26. The van der Waals surface area contributed by atoms with Crippen molar-refractivity contribution < 1.29 is 33.8 Å². The van der Waals surface area contributed by atoms with E-state index < -0.39 is 48.2 Å². The molecule has 0 aliphatic carbocycles. The summed E-state index contributed by atoms with van der Waals surface area (Å²) in [5.74, 6) is -1.69. The summed E-state index contributed by atoms with van der Waals surface area (Å²) in [7, 11) is 0. The molecule has 2 atom stereocenters. The summed E-state index contributed by atoms with van der Waals surface area (Å²) in [6.07, 6.45) is 1.32. The summed E-state index contributed by atoms with van der Waals surface area (Å²) in [5, 5.41) is 14.9. The number of carbonyl (C=O) groups is 4. The van der Waals surface area contributed by atoms with Crippen molar-refractivity contribution in [1.82, 2.24) is 15.5 Å². The van der Waals surface area contributed by atoms with Crippen LogP contribution in [-0.4, -0.2) is 71.8 Å². The molecule has 0 radical (unpaired) electrons. The standard InChI is InChI=1S/C26H39N3O7/c1-7-16-29(24(33)20(17-30)28-25(34)36-26(4,5)6)22(19-12-10-18(8-2)11-13-19)23(32)27-15-14-21(31)35-9-3/h7,10-13,20,22,30H,1,8-9,14-17H2,2-6H3,(H,27,32)(H,28,34). The Morgan fingerprint density at radius 2 is 1.78 bits per heavy atom. The Morgan fingerprint density at radius 3 is 2.28 bits per heavy atom. The number of ether oxygens (including phenoxy) is 2. The van der Waals surface area contributed by atoms with E-state index in [4.69, 9.17) is 9.47 Å². The third-order valence-electron chi connectivity index (χ3n) is 4.98. The Hall–Kier alpha value is -3.40. The van der Waals surface area contributed by atoms with Crippen molar-refractivity contribution in [3.8, 4) is 0 Å². The Kier molecular flexibility index (Phi) is 12.7. The van der Waals surface area contributed by atoms with Crippen molar-refractivity contribution in [1.29, 1.82) is 0 Å². The minimum atomic E-state index is -1.36. The molecule has 0 saturated heterocycles. The number of nitrogens with one attached hydrogen (secondary N) is 2. The van der Waals surface area contributed by atoms with E-state index in [1.165, 1.54) is 11.0 Å². The van der Waals surface area contributed by atoms with E-state index in [1.54, 1.807) is 39.8 Å². The van der Waals surface area contributed by atoms with E-state index in [-0.39, 0.29) is 26.1 Å². The van der Waals surface area contributed by atoms with Crippen LogP contribution in [0.3, 0.4) is 0 Å². The highest BCUT2D eigenvalue weighted by Crippen LogP contribution is 2.23. The van der Waals surface area contributed by atoms with E-state index in [9.17, 15) is 24.3 Å². The maximum absolute atomic E-state index is 13.5. The molecule has 0 aromatic heterocycles. The number of aliphatic hydroxyl groups excluding tert-OH is 1. The van der Waals surface area contributed by atoms with Crippen LogP contribution in [-0.2, 0) is 30.3 Å². The lowest BCUT2D eigenvalue weighted by Crippen LogP contribution is -2.54. The van der Waals surface area contributed by atoms with Crippen LogP contribution in [0.1, 0.15) is 58.2 Å². The Morgan fingerprint density at radius 1 is 1.14 bits per heavy atom. The third-order valence-corrected chi connectivity index (χ3v) is 4.98. The quantitative estimate of drug-likeness (QED) is 0.276. The normalized spacial score (nSPS) is 12.6. The first-order valence-electron chi connectivity index (χ1n) is 12.0. The van der Waals surface area contributed by atoms with Crippen molar-refractivity contribution in [3.05, 3.63) is 48.0 Å². The van der Waals surface area contributed by atoms with E-state index in [0.29, 0.717) is 5.56 Å². The number of alkyl carbamates (subject to hydrolysis) is 1. The van der Waals surface area contributed by atoms with Crippen molar-refractivity contribution >= 4 is 23.9 Å². The molecule has 3 amide bonds. The molecule has 2 unspecified atom stereocenters. The van der Waals surface area contributed by atoms with Gasteiger partial charge in [0, 0.05) is 13.1 Å². The zero-order valence-corrected chi connectivity index (χ0v) is 21.8. The van der Waals surface area contributed by atoms with Crippen LogP contribution in [0, 0.1) is 0 Å². The van der Waals surface area contributed by atoms with Gasteiger partial charge in [-0.05, 0) is 45.2 Å². The third kappa shape index (κ3) is 10.1. The molecule has 0 saturated carbocycles. The second kappa shape index (κ2) is 14.9. The molecular weight excluding hydrogens is 466 g/mol. The summed E-state index contributed by atoms with van der Waals surface area (Å²) in [4.78, 5) is 51.9. The van der Waals surface area contributed by atoms with E-state index >= 15 is 0 Å². The van der Waals surface area contributed by atoms with Crippen molar-refractivity contribution in [2.24, 2.45) is 0 Å². The molecule has 1 aromatic carbocycles. The van der Waals surface area contributed by atoms with Gasteiger partial charge in [-0.1, -0.05) is 37.3 Å². The molecule has 0 aliphatic rings. The number of esters is 1. The molecular formula is C26H39N3O7. The maximum atomic E-state index is 13.5. The zero-order valence-electron chi connectivity index (χ0n) is 21.8. The first kappa shape index (κ1) is 30.6. The highest BCUT2D eigenvalue weighted by molar-refractivity contribution is 5.92. The minimum absolute atomic E-state index is 0.0108. The molecule has 0 bridgehead atoms. The fourth-order valence-electron chi connectivity index (χ4n) is 3.32. The summed E-state index contributed by atoms with van der Waals surface area (Å²) in [5.41, 5.74) is 0.752. The number of hydrogen-bond donors (Lipinski definition) is 3. The number of amides is 3. The average molecular weight is 506 g/mol. The van der Waals surface area contributed by atoms with Gasteiger partial charge in [0.1, 0.15) is 17.7 Å². The van der Waals surface area contributed by atoms with Gasteiger partial charge < -0.3 is 30.1 Å². The molecule has 10 heteroatoms. The van der Waals surface area contributed by atoms with Gasteiger partial charge in [0.15, 0.2) is 0 Å². The molecule has 0 spiro atoms. The number of carbonyl (C=O) groups excluding carboxylic acids is 4. The zero-order chi connectivity index (χ0) is 27.3. The highest BCUT2D eigenvalue weighted by Gasteiger charge is 2.35. The van der Waals surface area contributed by atoms with E-state index in [1.807, 2.05) is 19.1 Å². The van der Waals surface area contributed by atoms with Crippen LogP contribution in [0.4, 0.5) is 4.79 Å². The molecule has 0 fully saturated rings. The van der Waals surface area contributed by atoms with Gasteiger partial charge in [0.25, 0.3) is 0 Å². The molecule has 1 rings (SSSR count). The molecule has 200 valence electrons. The fourth-order valence-corrected chi connectivity index (χ4v) is 3.32. The number of benzene rings is 1. The van der Waals surface area contributed by atoms with Crippen LogP contribution in [0.15, 0.2) is 36.9 Å². The van der Waals surface area contributed by atoms with Gasteiger partial charge >= 0.3 is 12.1 Å². The fraction of sp³-hybridized carbons (Fsp3) is 0.538. The summed E-state index contributed by atoms with van der Waals surface area (Å²) >= 11 is 0. The smallest absolute Gasteiger partial charge is 0.408 e. The van der Waals surface area contributed by atoms with Crippen LogP contribution in [0.25, 0.3) is 0 Å². The van der Waals surface area contributed by atoms with Gasteiger partial charge in [-0.3, -0.25) is 14.4 Å². The first-order valence-corrected chi connectivity index (χ1v) is 12.0. The average Bonchev–Trinajstić information content (AvgIpc) is 2.81. The topological polar surface area (TPSA) is 134 Å². The highest BCUT2D eigenvalue weighted by atomic mass is 16.6. The second-order valence-corrected chi connectivity index (χ2v) is 9.00. The van der Waals surface area contributed by atoms with Crippen LogP contribution in [0.2, 0.25) is 0 Å². The molecule has 0 heterocycles. The Labute approximate surface area is 213 Å². The monoisotopic (exact) mass is 505 g/mol.